The second-order valence-corrected chi connectivity index (χ2v) is 8.09. The van der Waals surface area contributed by atoms with Crippen LogP contribution < -0.4 is 10.2 Å². The number of rotatable bonds is 7. The van der Waals surface area contributed by atoms with Crippen LogP contribution in [0.25, 0.3) is 22.2 Å². The molecule has 1 aromatic heterocycles. The van der Waals surface area contributed by atoms with Crippen LogP contribution in [0.4, 0.5) is 0 Å². The van der Waals surface area contributed by atoms with Crippen LogP contribution in [-0.2, 0) is 16.1 Å². The zero-order valence-corrected chi connectivity index (χ0v) is 19.4. The third kappa shape index (κ3) is 4.26. The molecular weight excluding hydrogens is 444 g/mol. The molecule has 8 heteroatoms. The molecule has 35 heavy (non-hydrogen) atoms. The Balaban J connectivity index is 1.64. The lowest BCUT2D eigenvalue weighted by molar-refractivity contribution is -0.119. The minimum atomic E-state index is -0.440. The Morgan fingerprint density at radius 2 is 1.89 bits per heavy atom. The predicted octanol–water partition coefficient (Wildman–Crippen LogP) is 4.16. The molecule has 176 valence electrons. The zero-order chi connectivity index (χ0) is 24.4. The molecule has 3 aromatic carbocycles. The Bertz CT molecular complexity index is 1460. The molecule has 0 spiro atoms. The third-order valence-electron chi connectivity index (χ3n) is 5.87. The minimum Gasteiger partial charge on any atom is -0.465 e. The number of fused-ring (bicyclic) bond motifs is 1. The maximum absolute atomic E-state index is 12.5. The highest BCUT2D eigenvalue weighted by molar-refractivity contribution is 6.16. The summed E-state index contributed by atoms with van der Waals surface area (Å²) in [7, 11) is 1.36. The number of amides is 1. The normalized spacial score (nSPS) is 13.0. The van der Waals surface area contributed by atoms with Gasteiger partial charge in [-0.2, -0.15) is 10.1 Å². The lowest BCUT2D eigenvalue weighted by Crippen LogP contribution is -2.10. The number of benzene rings is 3. The van der Waals surface area contributed by atoms with Gasteiger partial charge in [0.2, 0.25) is 5.91 Å². The van der Waals surface area contributed by atoms with Crippen LogP contribution in [-0.4, -0.2) is 40.9 Å². The van der Waals surface area contributed by atoms with E-state index in [4.69, 9.17) is 9.47 Å². The Kier molecular flexibility index (Phi) is 6.01. The molecule has 0 atom stereocenters. The molecule has 0 fully saturated rings. The monoisotopic (exact) mass is 468 g/mol. The number of nitrogens with zero attached hydrogens (tertiary/aromatic N) is 3. The van der Waals surface area contributed by atoms with Crippen LogP contribution in [0.15, 0.2) is 71.8 Å². The second-order valence-electron chi connectivity index (χ2n) is 8.09. The average Bonchev–Trinajstić information content (AvgIpc) is 3.47. The average molecular weight is 469 g/mol. The van der Waals surface area contributed by atoms with Gasteiger partial charge >= 0.3 is 5.97 Å². The molecule has 0 bridgehead atoms. The highest BCUT2D eigenvalue weighted by Crippen LogP contribution is 2.30. The fraction of sp³-hybridized carbons (Fsp3) is 0.185. The molecule has 4 aromatic rings. The Labute approximate surface area is 202 Å². The lowest BCUT2D eigenvalue weighted by Gasteiger charge is -2.14. The standard InChI is InChI=1S/C27H24N4O4/c1-3-35-27-28-22-11-7-10-20(26(33)34-2)25(22)31(27)16-17-12-13-19(18-8-5-4-6-9-18)21(14-17)23-15-24(32)30-29-23/h4-14H,3,15-16H2,1-2H3,(H,30,32). The van der Waals surface area contributed by atoms with E-state index in [9.17, 15) is 9.59 Å². The van der Waals surface area contributed by atoms with Gasteiger partial charge in [0.1, 0.15) is 0 Å². The van der Waals surface area contributed by atoms with Crippen LogP contribution in [0.1, 0.15) is 34.8 Å². The van der Waals surface area contributed by atoms with Crippen LogP contribution in [0.3, 0.4) is 0 Å². The number of para-hydroxylation sites is 1. The first-order chi connectivity index (χ1) is 17.1. The predicted molar refractivity (Wildman–Crippen MR) is 133 cm³/mol. The summed E-state index contributed by atoms with van der Waals surface area (Å²) in [5.74, 6) is -0.573. The number of esters is 1. The van der Waals surface area contributed by atoms with E-state index in [0.29, 0.717) is 41.5 Å². The molecular formula is C27H24N4O4. The van der Waals surface area contributed by atoms with Gasteiger partial charge < -0.3 is 9.47 Å². The molecule has 1 aliphatic rings. The second kappa shape index (κ2) is 9.42. The first-order valence-corrected chi connectivity index (χ1v) is 11.3. The lowest BCUT2D eigenvalue weighted by atomic mass is 9.93. The summed E-state index contributed by atoms with van der Waals surface area (Å²) < 4.78 is 12.7. The number of carbonyl (C=O) groups is 2. The molecule has 0 radical (unpaired) electrons. The van der Waals surface area contributed by atoms with Crippen molar-refractivity contribution < 1.29 is 19.1 Å². The molecule has 0 saturated heterocycles. The smallest absolute Gasteiger partial charge is 0.340 e. The van der Waals surface area contributed by atoms with Crippen molar-refractivity contribution in [3.05, 3.63) is 83.4 Å². The van der Waals surface area contributed by atoms with Gasteiger partial charge in [-0.15, -0.1) is 0 Å². The molecule has 1 N–H and O–H groups in total. The summed E-state index contributed by atoms with van der Waals surface area (Å²) >= 11 is 0. The van der Waals surface area contributed by atoms with Crippen LogP contribution in [0, 0.1) is 0 Å². The SMILES string of the molecule is CCOc1nc2cccc(C(=O)OC)c2n1Cc1ccc(-c2ccccc2)c(C2=NNC(=O)C2)c1. The number of hydrazone groups is 1. The van der Waals surface area contributed by atoms with E-state index in [1.54, 1.807) is 12.1 Å². The van der Waals surface area contributed by atoms with Gasteiger partial charge in [-0.05, 0) is 41.8 Å². The Hall–Kier alpha value is -4.46. The van der Waals surface area contributed by atoms with E-state index < -0.39 is 5.97 Å². The zero-order valence-electron chi connectivity index (χ0n) is 19.4. The van der Waals surface area contributed by atoms with Crippen molar-refractivity contribution in [3.8, 4) is 17.1 Å². The van der Waals surface area contributed by atoms with Gasteiger partial charge in [-0.3, -0.25) is 9.36 Å². The molecule has 5 rings (SSSR count). The van der Waals surface area contributed by atoms with Crippen molar-refractivity contribution in [1.82, 2.24) is 15.0 Å². The number of ether oxygens (including phenoxy) is 2. The highest BCUT2D eigenvalue weighted by Gasteiger charge is 2.22. The maximum atomic E-state index is 12.5. The number of nitrogens with one attached hydrogen (secondary N) is 1. The van der Waals surface area contributed by atoms with E-state index in [2.05, 4.69) is 15.5 Å². The van der Waals surface area contributed by atoms with Crippen molar-refractivity contribution in [1.29, 1.82) is 0 Å². The van der Waals surface area contributed by atoms with Crippen molar-refractivity contribution in [3.63, 3.8) is 0 Å². The minimum absolute atomic E-state index is 0.133. The molecule has 0 aliphatic carbocycles. The first kappa shape index (κ1) is 22.3. The number of carbonyl (C=O) groups excluding carboxylic acids is 2. The molecule has 1 aliphatic heterocycles. The Morgan fingerprint density at radius 1 is 1.06 bits per heavy atom. The fourth-order valence-corrected chi connectivity index (χ4v) is 4.32. The summed E-state index contributed by atoms with van der Waals surface area (Å²) in [6, 6.07) is 21.8. The summed E-state index contributed by atoms with van der Waals surface area (Å²) in [6.45, 7) is 2.72. The number of imidazole rings is 1. The van der Waals surface area contributed by atoms with Crippen LogP contribution >= 0.6 is 0 Å². The van der Waals surface area contributed by atoms with Gasteiger partial charge in [-0.25, -0.2) is 10.2 Å². The first-order valence-electron chi connectivity index (χ1n) is 11.3. The van der Waals surface area contributed by atoms with Crippen LogP contribution in [0.5, 0.6) is 6.01 Å². The largest absolute Gasteiger partial charge is 0.465 e. The molecule has 8 nitrogen and oxygen atoms in total. The third-order valence-corrected chi connectivity index (χ3v) is 5.87. The van der Waals surface area contributed by atoms with Crippen LogP contribution in [0.2, 0.25) is 0 Å². The molecule has 1 amide bonds. The van der Waals surface area contributed by atoms with Gasteiger partial charge in [0.05, 0.1) is 49.0 Å². The highest BCUT2D eigenvalue weighted by atomic mass is 16.5. The van der Waals surface area contributed by atoms with Crippen molar-refractivity contribution >= 4 is 28.6 Å². The summed E-state index contributed by atoms with van der Waals surface area (Å²) in [5.41, 5.74) is 8.79. The van der Waals surface area contributed by atoms with Crippen molar-refractivity contribution in [2.24, 2.45) is 5.10 Å². The topological polar surface area (TPSA) is 94.8 Å². The van der Waals surface area contributed by atoms with Gasteiger partial charge in [0, 0.05) is 5.56 Å². The summed E-state index contributed by atoms with van der Waals surface area (Å²) in [4.78, 5) is 29.0. The molecule has 2 heterocycles. The number of aromatic nitrogens is 2. The van der Waals surface area contributed by atoms with Crippen molar-refractivity contribution in [2.45, 2.75) is 19.9 Å². The van der Waals surface area contributed by atoms with E-state index in [0.717, 1.165) is 22.3 Å². The number of methoxy groups -OCH3 is 1. The number of hydrogen-bond acceptors (Lipinski definition) is 6. The maximum Gasteiger partial charge on any atom is 0.340 e. The Morgan fingerprint density at radius 3 is 2.60 bits per heavy atom. The quantitative estimate of drug-likeness (QED) is 0.411. The fourth-order valence-electron chi connectivity index (χ4n) is 4.32. The van der Waals surface area contributed by atoms with Gasteiger partial charge in [-0.1, -0.05) is 48.5 Å². The van der Waals surface area contributed by atoms with E-state index >= 15 is 0 Å². The van der Waals surface area contributed by atoms with E-state index in [-0.39, 0.29) is 12.3 Å². The summed E-state index contributed by atoms with van der Waals surface area (Å²) in [6.07, 6.45) is 0.216. The number of hydrogen-bond donors (Lipinski definition) is 1. The van der Waals surface area contributed by atoms with E-state index in [1.807, 2.05) is 66.1 Å². The van der Waals surface area contributed by atoms with E-state index in [1.165, 1.54) is 7.11 Å². The summed E-state index contributed by atoms with van der Waals surface area (Å²) in [5, 5.41) is 4.27. The van der Waals surface area contributed by atoms with Gasteiger partial charge in [0.15, 0.2) is 0 Å². The molecule has 0 saturated carbocycles. The molecule has 0 unspecified atom stereocenters. The van der Waals surface area contributed by atoms with Crippen molar-refractivity contribution in [2.75, 3.05) is 13.7 Å². The van der Waals surface area contributed by atoms with Gasteiger partial charge in [0.25, 0.3) is 6.01 Å².